The van der Waals surface area contributed by atoms with Crippen molar-refractivity contribution in [1.82, 2.24) is 0 Å². The molecule has 4 nitrogen and oxygen atoms in total. The highest BCUT2D eigenvalue weighted by molar-refractivity contribution is 8.13. The average Bonchev–Trinajstić information content (AvgIpc) is 2.52. The molecular weight excluding hydrogens is 312 g/mol. The van der Waals surface area contributed by atoms with Gasteiger partial charge in [-0.25, -0.2) is 0 Å². The second-order valence-electron chi connectivity index (χ2n) is 5.95. The molecule has 0 unspecified atom stereocenters. The molecule has 0 aromatic carbocycles. The highest BCUT2D eigenvalue weighted by Gasteiger charge is 2.45. The van der Waals surface area contributed by atoms with E-state index in [-0.39, 0.29) is 17.1 Å². The first-order valence-corrected chi connectivity index (χ1v) is 10.2. The first-order chi connectivity index (χ1) is 11.1. The maximum absolute atomic E-state index is 12.4. The molecule has 1 aliphatic rings. The number of unbranched alkanes of at least 4 members (excludes halogenated alkanes) is 3. The summed E-state index contributed by atoms with van der Waals surface area (Å²) >= 11 is 1.41. The molecule has 0 aromatic heterocycles. The molecule has 136 valence electrons. The van der Waals surface area contributed by atoms with E-state index >= 15 is 0 Å². The minimum Gasteiger partial charge on any atom is -0.328 e. The quantitative estimate of drug-likeness (QED) is 0.399. The van der Waals surface area contributed by atoms with Crippen molar-refractivity contribution in [2.45, 2.75) is 84.7 Å². The van der Waals surface area contributed by atoms with Crippen molar-refractivity contribution in [1.29, 1.82) is 0 Å². The minimum absolute atomic E-state index is 0.0318. The molecule has 1 saturated heterocycles. The zero-order chi connectivity index (χ0) is 17.1. The van der Waals surface area contributed by atoms with Crippen molar-refractivity contribution in [2.75, 3.05) is 19.0 Å². The number of carbonyl (C=O) groups excluding carboxylic acids is 1. The molecule has 0 spiro atoms. The predicted octanol–water partition coefficient (Wildman–Crippen LogP) is 4.76. The maximum atomic E-state index is 12.4. The Morgan fingerprint density at radius 1 is 1.13 bits per heavy atom. The van der Waals surface area contributed by atoms with E-state index in [0.29, 0.717) is 19.6 Å². The molecule has 1 fully saturated rings. The summed E-state index contributed by atoms with van der Waals surface area (Å²) in [5, 5.41) is 0.259. The molecule has 0 aliphatic carbocycles. The van der Waals surface area contributed by atoms with Gasteiger partial charge in [-0.2, -0.15) is 0 Å². The maximum Gasteiger partial charge on any atom is 0.283 e. The molecule has 1 aliphatic heterocycles. The van der Waals surface area contributed by atoms with Gasteiger partial charge in [-0.15, -0.1) is 0 Å². The Bertz CT molecular complexity index is 329. The SMILES string of the molecule is CCCCCC[C@H]1OC(OCC)(OCC)CC[C@@H]1C(=O)SCC. The van der Waals surface area contributed by atoms with Crippen LogP contribution < -0.4 is 0 Å². The Labute approximate surface area is 146 Å². The van der Waals surface area contributed by atoms with Crippen LogP contribution in [0.5, 0.6) is 0 Å². The molecule has 0 saturated carbocycles. The first kappa shape index (κ1) is 20.9. The molecule has 0 radical (unpaired) electrons. The smallest absolute Gasteiger partial charge is 0.283 e. The van der Waals surface area contributed by atoms with Gasteiger partial charge in [0.05, 0.1) is 12.0 Å². The first-order valence-electron chi connectivity index (χ1n) is 9.24. The number of hydrogen-bond donors (Lipinski definition) is 0. The molecule has 0 aromatic rings. The van der Waals surface area contributed by atoms with E-state index in [0.717, 1.165) is 25.0 Å². The molecule has 0 N–H and O–H groups in total. The summed E-state index contributed by atoms with van der Waals surface area (Å²) in [6.45, 7) is 9.22. The van der Waals surface area contributed by atoms with Crippen LogP contribution in [0.1, 0.15) is 72.6 Å². The highest BCUT2D eigenvalue weighted by Crippen LogP contribution is 2.38. The Morgan fingerprint density at radius 3 is 2.39 bits per heavy atom. The Hall–Kier alpha value is -0.100. The second-order valence-corrected chi connectivity index (χ2v) is 7.22. The topological polar surface area (TPSA) is 44.8 Å². The largest absolute Gasteiger partial charge is 0.328 e. The van der Waals surface area contributed by atoms with Crippen LogP contribution in [0.25, 0.3) is 0 Å². The van der Waals surface area contributed by atoms with Crippen molar-refractivity contribution in [3.8, 4) is 0 Å². The summed E-state index contributed by atoms with van der Waals surface area (Å²) in [4.78, 5) is 12.4. The highest BCUT2D eigenvalue weighted by atomic mass is 32.2. The third kappa shape index (κ3) is 6.73. The Balaban J connectivity index is 2.74. The van der Waals surface area contributed by atoms with Gasteiger partial charge in [0.2, 0.25) is 0 Å². The van der Waals surface area contributed by atoms with Crippen molar-refractivity contribution >= 4 is 16.9 Å². The van der Waals surface area contributed by atoms with Crippen molar-refractivity contribution in [3.05, 3.63) is 0 Å². The van der Waals surface area contributed by atoms with E-state index in [4.69, 9.17) is 14.2 Å². The van der Waals surface area contributed by atoms with E-state index in [2.05, 4.69) is 6.92 Å². The van der Waals surface area contributed by atoms with Crippen LogP contribution in [0.4, 0.5) is 0 Å². The lowest BCUT2D eigenvalue weighted by Gasteiger charge is -2.43. The lowest BCUT2D eigenvalue weighted by molar-refractivity contribution is -0.410. The number of carbonyl (C=O) groups is 1. The van der Waals surface area contributed by atoms with E-state index in [1.807, 2.05) is 20.8 Å². The normalized spacial score (nSPS) is 23.8. The standard InChI is InChI=1S/C18H34O4S/c1-5-9-10-11-12-16-15(17(19)23-8-4)13-14-18(22-16,20-6-2)21-7-3/h15-16H,5-14H2,1-4H3/t15-,16+/m0/s1. The van der Waals surface area contributed by atoms with Crippen molar-refractivity contribution < 1.29 is 19.0 Å². The minimum atomic E-state index is -0.952. The van der Waals surface area contributed by atoms with E-state index in [1.54, 1.807) is 0 Å². The summed E-state index contributed by atoms with van der Waals surface area (Å²) in [5.74, 6) is -0.164. The van der Waals surface area contributed by atoms with Gasteiger partial charge in [0.15, 0.2) is 5.12 Å². The zero-order valence-electron chi connectivity index (χ0n) is 15.3. The number of ether oxygens (including phenoxy) is 3. The van der Waals surface area contributed by atoms with Crippen LogP contribution in [0, 0.1) is 5.92 Å². The van der Waals surface area contributed by atoms with Gasteiger partial charge in [0.1, 0.15) is 0 Å². The van der Waals surface area contributed by atoms with Crippen LogP contribution in [0.15, 0.2) is 0 Å². The number of rotatable bonds is 11. The summed E-state index contributed by atoms with van der Waals surface area (Å²) in [6, 6.07) is 0. The van der Waals surface area contributed by atoms with E-state index < -0.39 is 5.97 Å². The Kier molecular flexibility index (Phi) is 10.4. The monoisotopic (exact) mass is 346 g/mol. The van der Waals surface area contributed by atoms with Gasteiger partial charge in [-0.3, -0.25) is 4.79 Å². The fourth-order valence-electron chi connectivity index (χ4n) is 3.14. The summed E-state index contributed by atoms with van der Waals surface area (Å²) in [5.41, 5.74) is 0. The molecule has 0 amide bonds. The Morgan fingerprint density at radius 2 is 1.83 bits per heavy atom. The zero-order valence-corrected chi connectivity index (χ0v) is 16.1. The van der Waals surface area contributed by atoms with E-state index in [9.17, 15) is 4.79 Å². The lowest BCUT2D eigenvalue weighted by atomic mass is 9.90. The fourth-order valence-corrected chi connectivity index (χ4v) is 3.90. The molecule has 1 rings (SSSR count). The van der Waals surface area contributed by atoms with Crippen molar-refractivity contribution in [3.63, 3.8) is 0 Å². The van der Waals surface area contributed by atoms with Crippen molar-refractivity contribution in [2.24, 2.45) is 5.92 Å². The summed E-state index contributed by atoms with van der Waals surface area (Å²) in [6.07, 6.45) is 6.94. The van der Waals surface area contributed by atoms with Crippen LogP contribution in [-0.2, 0) is 19.0 Å². The van der Waals surface area contributed by atoms with Crippen LogP contribution in [-0.4, -0.2) is 36.2 Å². The molecule has 1 heterocycles. The number of hydrogen-bond acceptors (Lipinski definition) is 5. The molecular formula is C18H34O4S. The predicted molar refractivity (Wildman–Crippen MR) is 95.5 cm³/mol. The third-order valence-electron chi connectivity index (χ3n) is 4.20. The van der Waals surface area contributed by atoms with Crippen LogP contribution in [0.3, 0.4) is 0 Å². The molecule has 23 heavy (non-hydrogen) atoms. The summed E-state index contributed by atoms with van der Waals surface area (Å²) < 4.78 is 17.8. The molecule has 2 atom stereocenters. The van der Waals surface area contributed by atoms with E-state index in [1.165, 1.54) is 31.0 Å². The average molecular weight is 347 g/mol. The number of thioether (sulfide) groups is 1. The van der Waals surface area contributed by atoms with Gasteiger partial charge in [0, 0.05) is 19.6 Å². The summed E-state index contributed by atoms with van der Waals surface area (Å²) in [7, 11) is 0. The van der Waals surface area contributed by atoms with Gasteiger partial charge in [-0.1, -0.05) is 51.3 Å². The second kappa shape index (κ2) is 11.5. The lowest BCUT2D eigenvalue weighted by Crippen LogP contribution is -2.50. The van der Waals surface area contributed by atoms with Crippen LogP contribution in [0.2, 0.25) is 0 Å². The third-order valence-corrected chi connectivity index (χ3v) is 5.08. The molecule has 5 heteroatoms. The van der Waals surface area contributed by atoms with Gasteiger partial charge < -0.3 is 14.2 Å². The van der Waals surface area contributed by atoms with Gasteiger partial charge in [-0.05, 0) is 32.4 Å². The molecule has 0 bridgehead atoms. The van der Waals surface area contributed by atoms with Gasteiger partial charge in [0.25, 0.3) is 5.97 Å². The van der Waals surface area contributed by atoms with Gasteiger partial charge >= 0.3 is 0 Å². The fraction of sp³-hybridized carbons (Fsp3) is 0.944. The van der Waals surface area contributed by atoms with Crippen LogP contribution >= 0.6 is 11.8 Å².